The zero-order valence-electron chi connectivity index (χ0n) is 9.60. The van der Waals surface area contributed by atoms with Crippen molar-refractivity contribution in [2.24, 2.45) is 0 Å². The molecule has 2 aromatic rings. The van der Waals surface area contributed by atoms with Crippen LogP contribution in [0.3, 0.4) is 0 Å². The summed E-state index contributed by atoms with van der Waals surface area (Å²) in [5, 5.41) is 10.7. The summed E-state index contributed by atoms with van der Waals surface area (Å²) in [6, 6.07) is 4.56. The van der Waals surface area contributed by atoms with E-state index in [9.17, 15) is 14.3 Å². The summed E-state index contributed by atoms with van der Waals surface area (Å²) in [6.45, 7) is 0.161. The first-order chi connectivity index (χ1) is 9.08. The van der Waals surface area contributed by atoms with Crippen LogP contribution in [0.25, 0.3) is 10.1 Å². The third kappa shape index (κ3) is 2.10. The van der Waals surface area contributed by atoms with Crippen molar-refractivity contribution in [2.75, 3.05) is 13.2 Å². The van der Waals surface area contributed by atoms with Gasteiger partial charge in [0.1, 0.15) is 23.4 Å². The molecular weight excluding hydrogens is 293 g/mol. The molecule has 1 unspecified atom stereocenters. The van der Waals surface area contributed by atoms with E-state index in [2.05, 4.69) is 0 Å². The molecule has 19 heavy (non-hydrogen) atoms. The second kappa shape index (κ2) is 4.72. The summed E-state index contributed by atoms with van der Waals surface area (Å²) in [5.74, 6) is -0.915. The topological polar surface area (TPSA) is 49.8 Å². The molecule has 0 aliphatic carbocycles. The van der Waals surface area contributed by atoms with E-state index in [0.717, 1.165) is 16.4 Å². The number of carbonyl (C=O) groups excluding carboxylic acids is 1. The molecule has 1 amide bonds. The average Bonchev–Trinajstić information content (AvgIpc) is 2.94. The number of nitrogens with zero attached hydrogens (tertiary/aromatic N) is 1. The Morgan fingerprint density at radius 1 is 1.58 bits per heavy atom. The van der Waals surface area contributed by atoms with E-state index >= 15 is 0 Å². The second-order valence-electron chi connectivity index (χ2n) is 4.17. The Bertz CT molecular complexity index is 660. The van der Waals surface area contributed by atoms with Gasteiger partial charge in [0.2, 0.25) is 0 Å². The van der Waals surface area contributed by atoms with Crippen LogP contribution in [-0.2, 0) is 4.84 Å². The number of β-amino-alcohol motifs (C(OH)–C–C–N with tert-alkyl or cyclic N) is 1. The lowest BCUT2D eigenvalue weighted by Crippen LogP contribution is -2.27. The summed E-state index contributed by atoms with van der Waals surface area (Å²) < 4.78 is 14.3. The van der Waals surface area contributed by atoms with Gasteiger partial charge in [-0.1, -0.05) is 17.7 Å². The molecule has 1 atom stereocenters. The van der Waals surface area contributed by atoms with E-state index in [1.807, 2.05) is 0 Å². The van der Waals surface area contributed by atoms with Gasteiger partial charge in [-0.3, -0.25) is 9.63 Å². The summed E-state index contributed by atoms with van der Waals surface area (Å²) in [6.07, 6.45) is -0.700. The normalized spacial score (nSPS) is 19.3. The van der Waals surface area contributed by atoms with Crippen molar-refractivity contribution in [1.29, 1.82) is 0 Å². The van der Waals surface area contributed by atoms with Crippen LogP contribution < -0.4 is 0 Å². The number of hydroxylamine groups is 2. The van der Waals surface area contributed by atoms with Crippen LogP contribution in [0.15, 0.2) is 18.2 Å². The number of fused-ring (bicyclic) bond motifs is 1. The van der Waals surface area contributed by atoms with Gasteiger partial charge in [0.15, 0.2) is 0 Å². The number of hydrogen-bond donors (Lipinski definition) is 1. The molecule has 1 aromatic carbocycles. The number of amides is 1. The highest BCUT2D eigenvalue weighted by Gasteiger charge is 2.30. The summed E-state index contributed by atoms with van der Waals surface area (Å²) in [5.41, 5.74) is 0. The number of aliphatic hydroxyl groups is 1. The zero-order chi connectivity index (χ0) is 13.6. The van der Waals surface area contributed by atoms with E-state index in [1.165, 1.54) is 6.07 Å². The van der Waals surface area contributed by atoms with Crippen molar-refractivity contribution < 1.29 is 19.1 Å². The molecule has 1 fully saturated rings. The molecule has 7 heteroatoms. The van der Waals surface area contributed by atoms with E-state index in [1.54, 1.807) is 12.1 Å². The fraction of sp³-hybridized carbons (Fsp3) is 0.250. The standard InChI is InChI=1S/C12H9ClFNO3S/c13-10-9-7(14)2-1-3-8(9)19-11(10)12(17)15-4-6(16)5-18-15/h1-3,6,16H,4-5H2. The molecule has 0 radical (unpaired) electrons. The predicted molar refractivity (Wildman–Crippen MR) is 69.8 cm³/mol. The first-order valence-corrected chi connectivity index (χ1v) is 6.76. The van der Waals surface area contributed by atoms with Crippen LogP contribution in [0.4, 0.5) is 4.39 Å². The SMILES string of the molecule is O=C(c1sc2cccc(F)c2c1Cl)N1CC(O)CO1. The summed E-state index contributed by atoms with van der Waals surface area (Å²) in [4.78, 5) is 17.5. The van der Waals surface area contributed by atoms with Crippen molar-refractivity contribution in [1.82, 2.24) is 5.06 Å². The van der Waals surface area contributed by atoms with E-state index < -0.39 is 17.8 Å². The minimum atomic E-state index is -0.700. The maximum Gasteiger partial charge on any atom is 0.289 e. The Morgan fingerprint density at radius 3 is 3.00 bits per heavy atom. The zero-order valence-corrected chi connectivity index (χ0v) is 11.2. The molecule has 1 aliphatic heterocycles. The van der Waals surface area contributed by atoms with Crippen LogP contribution in [0, 0.1) is 5.82 Å². The maximum absolute atomic E-state index is 13.7. The Hall–Kier alpha value is -1.21. The van der Waals surface area contributed by atoms with Crippen molar-refractivity contribution in [3.05, 3.63) is 33.9 Å². The van der Waals surface area contributed by atoms with Gasteiger partial charge in [-0.15, -0.1) is 11.3 Å². The summed E-state index contributed by atoms with van der Waals surface area (Å²) >= 11 is 7.19. The Balaban J connectivity index is 2.03. The van der Waals surface area contributed by atoms with Gasteiger partial charge >= 0.3 is 0 Å². The molecule has 3 rings (SSSR count). The van der Waals surface area contributed by atoms with E-state index in [0.29, 0.717) is 4.70 Å². The van der Waals surface area contributed by atoms with Crippen LogP contribution in [0.1, 0.15) is 9.67 Å². The number of thiophene rings is 1. The third-order valence-electron chi connectivity index (χ3n) is 2.83. The number of hydrogen-bond acceptors (Lipinski definition) is 4. The van der Waals surface area contributed by atoms with Crippen molar-refractivity contribution in [2.45, 2.75) is 6.10 Å². The number of rotatable bonds is 1. The molecule has 100 valence electrons. The quantitative estimate of drug-likeness (QED) is 0.880. The molecular formula is C12H9ClFNO3S. The van der Waals surface area contributed by atoms with Gasteiger partial charge in [-0.25, -0.2) is 9.45 Å². The first kappa shape index (κ1) is 12.8. The number of carbonyl (C=O) groups is 1. The molecule has 0 bridgehead atoms. The molecule has 2 heterocycles. The maximum atomic E-state index is 13.7. The minimum Gasteiger partial charge on any atom is -0.389 e. The fourth-order valence-corrected chi connectivity index (χ4v) is 3.43. The van der Waals surface area contributed by atoms with Crippen LogP contribution in [-0.4, -0.2) is 35.3 Å². The number of aliphatic hydroxyl groups excluding tert-OH is 1. The third-order valence-corrected chi connectivity index (χ3v) is 4.46. The number of halogens is 2. The molecule has 1 N–H and O–H groups in total. The summed E-state index contributed by atoms with van der Waals surface area (Å²) in [7, 11) is 0. The lowest BCUT2D eigenvalue weighted by atomic mass is 10.2. The molecule has 0 spiro atoms. The molecule has 1 aliphatic rings. The van der Waals surface area contributed by atoms with E-state index in [4.69, 9.17) is 16.4 Å². The van der Waals surface area contributed by atoms with Gasteiger partial charge in [0.05, 0.1) is 11.6 Å². The average molecular weight is 302 g/mol. The highest BCUT2D eigenvalue weighted by molar-refractivity contribution is 7.21. The first-order valence-electron chi connectivity index (χ1n) is 5.57. The molecule has 0 saturated carbocycles. The van der Waals surface area contributed by atoms with Crippen LogP contribution >= 0.6 is 22.9 Å². The second-order valence-corrected chi connectivity index (χ2v) is 5.60. The van der Waals surface area contributed by atoms with Crippen molar-refractivity contribution >= 4 is 38.9 Å². The van der Waals surface area contributed by atoms with Gasteiger partial charge in [-0.2, -0.15) is 0 Å². The highest BCUT2D eigenvalue weighted by atomic mass is 35.5. The minimum absolute atomic E-state index is 0.0720. The largest absolute Gasteiger partial charge is 0.389 e. The fourth-order valence-electron chi connectivity index (χ4n) is 1.94. The Kier molecular flexibility index (Phi) is 3.18. The highest BCUT2D eigenvalue weighted by Crippen LogP contribution is 2.37. The van der Waals surface area contributed by atoms with Crippen molar-refractivity contribution in [3.8, 4) is 0 Å². The Morgan fingerprint density at radius 2 is 2.37 bits per heavy atom. The van der Waals surface area contributed by atoms with Gasteiger partial charge in [-0.05, 0) is 12.1 Å². The predicted octanol–water partition coefficient (Wildman–Crippen LogP) is 2.44. The van der Waals surface area contributed by atoms with Crippen LogP contribution in [0.2, 0.25) is 5.02 Å². The molecule has 4 nitrogen and oxygen atoms in total. The van der Waals surface area contributed by atoms with E-state index in [-0.39, 0.29) is 28.4 Å². The lowest BCUT2D eigenvalue weighted by Gasteiger charge is -2.12. The van der Waals surface area contributed by atoms with Crippen LogP contribution in [0.5, 0.6) is 0 Å². The van der Waals surface area contributed by atoms with Crippen molar-refractivity contribution in [3.63, 3.8) is 0 Å². The number of benzene rings is 1. The smallest absolute Gasteiger partial charge is 0.289 e. The van der Waals surface area contributed by atoms with Gasteiger partial charge in [0, 0.05) is 10.1 Å². The Labute approximate surface area is 116 Å². The van der Waals surface area contributed by atoms with Gasteiger partial charge in [0.25, 0.3) is 5.91 Å². The lowest BCUT2D eigenvalue weighted by molar-refractivity contribution is -0.0776. The molecule has 1 aromatic heterocycles. The monoisotopic (exact) mass is 301 g/mol. The molecule has 1 saturated heterocycles. The van der Waals surface area contributed by atoms with Gasteiger partial charge < -0.3 is 5.11 Å².